The Morgan fingerprint density at radius 3 is 2.15 bits per heavy atom. The number of alkyl halides is 6. The number of hydrogen-bond donors (Lipinski definition) is 2. The van der Waals surface area contributed by atoms with Gasteiger partial charge in [-0.15, -0.1) is 0 Å². The van der Waals surface area contributed by atoms with Gasteiger partial charge in [-0.1, -0.05) is 17.7 Å². The van der Waals surface area contributed by atoms with Gasteiger partial charge in [0.15, 0.2) is 0 Å². The fraction of sp³-hybridized carbons (Fsp3) is 0.375. The number of nitrogens with two attached hydrogens (primary N) is 1. The summed E-state index contributed by atoms with van der Waals surface area (Å²) in [4.78, 5) is 4.34. The van der Waals surface area contributed by atoms with Crippen molar-refractivity contribution in [1.29, 1.82) is 0 Å². The zero-order valence-corrected chi connectivity index (χ0v) is 18.7. The number of rotatable bonds is 4. The molecule has 1 saturated carbocycles. The van der Waals surface area contributed by atoms with Gasteiger partial charge in [0.25, 0.3) is 0 Å². The molecule has 3 N–H and O–H groups in total. The van der Waals surface area contributed by atoms with E-state index in [-0.39, 0.29) is 24.2 Å². The lowest BCUT2D eigenvalue weighted by Crippen LogP contribution is -2.45. The molecule has 0 bridgehead atoms. The maximum absolute atomic E-state index is 13.1. The van der Waals surface area contributed by atoms with Crippen molar-refractivity contribution in [2.24, 2.45) is 5.73 Å². The quantitative estimate of drug-likeness (QED) is 0.386. The summed E-state index contributed by atoms with van der Waals surface area (Å²) in [6, 6.07) is 8.87. The van der Waals surface area contributed by atoms with E-state index in [4.69, 9.17) is 17.3 Å². The summed E-state index contributed by atoms with van der Waals surface area (Å²) >= 11 is 6.06. The molecule has 182 valence electrons. The smallest absolute Gasteiger partial charge is 0.321 e. The van der Waals surface area contributed by atoms with Crippen LogP contribution in [0.25, 0.3) is 10.9 Å². The van der Waals surface area contributed by atoms with Crippen molar-refractivity contribution in [3.05, 3.63) is 75.9 Å². The van der Waals surface area contributed by atoms with E-state index in [1.807, 2.05) is 12.1 Å². The topological polar surface area (TPSA) is 50.9 Å². The van der Waals surface area contributed by atoms with Crippen molar-refractivity contribution in [2.45, 2.75) is 56.2 Å². The van der Waals surface area contributed by atoms with Gasteiger partial charge in [0, 0.05) is 34.7 Å². The van der Waals surface area contributed by atoms with E-state index in [2.05, 4.69) is 10.3 Å². The van der Waals surface area contributed by atoms with Gasteiger partial charge in [0.2, 0.25) is 0 Å². The molecule has 3 nitrogen and oxygen atoms in total. The maximum atomic E-state index is 13.1. The number of benzene rings is 2. The second kappa shape index (κ2) is 9.02. The molecule has 34 heavy (non-hydrogen) atoms. The van der Waals surface area contributed by atoms with Crippen LogP contribution in [0.3, 0.4) is 0 Å². The lowest BCUT2D eigenvalue weighted by molar-refractivity contribution is -0.143. The van der Waals surface area contributed by atoms with E-state index < -0.39 is 29.0 Å². The molecule has 4 rings (SSSR count). The summed E-state index contributed by atoms with van der Waals surface area (Å²) in [5.74, 6) is 0. The van der Waals surface area contributed by atoms with Gasteiger partial charge in [-0.05, 0) is 73.2 Å². The number of aromatic nitrogens is 1. The molecule has 1 aliphatic rings. The molecule has 1 fully saturated rings. The van der Waals surface area contributed by atoms with Crippen molar-refractivity contribution in [2.75, 3.05) is 0 Å². The molecule has 0 amide bonds. The SMILES string of the molecule is NC1(c2ccnc3cc(Cl)ccc23)CCC(NCc2cc(C(F)(F)F)cc(C(F)(F)F)c2)CC1. The molecule has 10 heteroatoms. The van der Waals surface area contributed by atoms with Crippen LogP contribution in [0.1, 0.15) is 47.9 Å². The van der Waals surface area contributed by atoms with Gasteiger partial charge in [-0.3, -0.25) is 4.98 Å². The predicted molar refractivity (Wildman–Crippen MR) is 118 cm³/mol. The molecular formula is C24H22ClF6N3. The van der Waals surface area contributed by atoms with Gasteiger partial charge in [0.1, 0.15) is 0 Å². The summed E-state index contributed by atoms with van der Waals surface area (Å²) in [5.41, 5.74) is 5.12. The average molecular weight is 502 g/mol. The van der Waals surface area contributed by atoms with Crippen molar-refractivity contribution >= 4 is 22.5 Å². The van der Waals surface area contributed by atoms with E-state index >= 15 is 0 Å². The third-order valence-electron chi connectivity index (χ3n) is 6.36. The van der Waals surface area contributed by atoms with Crippen molar-refractivity contribution < 1.29 is 26.3 Å². The van der Waals surface area contributed by atoms with E-state index in [9.17, 15) is 26.3 Å². The van der Waals surface area contributed by atoms with Crippen LogP contribution in [0.5, 0.6) is 0 Å². The number of pyridine rings is 1. The Balaban J connectivity index is 1.46. The predicted octanol–water partition coefficient (Wildman–Crippen LogP) is 6.81. The van der Waals surface area contributed by atoms with E-state index in [1.54, 1.807) is 18.3 Å². The Bertz CT molecular complexity index is 1150. The van der Waals surface area contributed by atoms with Crippen molar-refractivity contribution in [3.63, 3.8) is 0 Å². The number of nitrogens with one attached hydrogen (secondary N) is 1. The van der Waals surface area contributed by atoms with Gasteiger partial charge in [0.05, 0.1) is 16.6 Å². The summed E-state index contributed by atoms with van der Waals surface area (Å²) in [7, 11) is 0. The minimum atomic E-state index is -4.86. The third kappa shape index (κ3) is 5.31. The minimum absolute atomic E-state index is 0.0660. The van der Waals surface area contributed by atoms with Crippen LogP contribution < -0.4 is 11.1 Å². The fourth-order valence-electron chi connectivity index (χ4n) is 4.55. The molecule has 0 aliphatic heterocycles. The van der Waals surface area contributed by atoms with E-state index in [0.717, 1.165) is 28.6 Å². The minimum Gasteiger partial charge on any atom is -0.321 e. The largest absolute Gasteiger partial charge is 0.416 e. The molecule has 2 aromatic carbocycles. The first kappa shape index (κ1) is 24.8. The van der Waals surface area contributed by atoms with Crippen molar-refractivity contribution in [3.8, 4) is 0 Å². The van der Waals surface area contributed by atoms with Gasteiger partial charge in [-0.2, -0.15) is 26.3 Å². The normalized spacial score (nSPS) is 21.7. The Kier molecular flexibility index (Phi) is 6.56. The van der Waals surface area contributed by atoms with Crippen LogP contribution in [0.15, 0.2) is 48.7 Å². The summed E-state index contributed by atoms with van der Waals surface area (Å²) in [5, 5.41) is 4.58. The van der Waals surface area contributed by atoms with Crippen LogP contribution in [0.4, 0.5) is 26.3 Å². The first-order valence-corrected chi connectivity index (χ1v) is 11.1. The maximum Gasteiger partial charge on any atom is 0.416 e. The lowest BCUT2D eigenvalue weighted by Gasteiger charge is -2.38. The Labute approximate surface area is 197 Å². The zero-order valence-electron chi connectivity index (χ0n) is 17.9. The fourth-order valence-corrected chi connectivity index (χ4v) is 4.71. The number of nitrogens with zero attached hydrogens (tertiary/aromatic N) is 1. The standard InChI is InChI=1S/C24H22ClF6N3/c25-17-1-2-19-20(5-8-33-21(19)12-17)22(32)6-3-18(4-7-22)34-13-14-9-15(23(26,27)28)11-16(10-14)24(29,30)31/h1-2,5,8-12,18,34H,3-4,6-7,13,32H2. The second-order valence-corrected chi connectivity index (χ2v) is 9.18. The van der Waals surface area contributed by atoms with Gasteiger partial charge >= 0.3 is 12.4 Å². The van der Waals surface area contributed by atoms with Crippen LogP contribution in [0.2, 0.25) is 5.02 Å². The molecule has 1 aromatic heterocycles. The van der Waals surface area contributed by atoms with Crippen LogP contribution in [-0.4, -0.2) is 11.0 Å². The highest BCUT2D eigenvalue weighted by molar-refractivity contribution is 6.31. The molecule has 0 atom stereocenters. The van der Waals surface area contributed by atoms with E-state index in [1.165, 1.54) is 0 Å². The summed E-state index contributed by atoms with van der Waals surface area (Å²) in [6.45, 7) is -0.105. The summed E-state index contributed by atoms with van der Waals surface area (Å²) in [6.07, 6.45) is -5.60. The number of hydrogen-bond acceptors (Lipinski definition) is 3. The zero-order chi connectivity index (χ0) is 24.7. The highest BCUT2D eigenvalue weighted by Crippen LogP contribution is 2.39. The summed E-state index contributed by atoms with van der Waals surface area (Å²) < 4.78 is 78.6. The molecule has 0 radical (unpaired) electrons. The second-order valence-electron chi connectivity index (χ2n) is 8.75. The van der Waals surface area contributed by atoms with Crippen LogP contribution in [-0.2, 0) is 24.4 Å². The number of fused-ring (bicyclic) bond motifs is 1. The first-order valence-electron chi connectivity index (χ1n) is 10.7. The Morgan fingerprint density at radius 1 is 0.941 bits per heavy atom. The molecule has 3 aromatic rings. The monoisotopic (exact) mass is 501 g/mol. The van der Waals surface area contributed by atoms with Gasteiger partial charge in [-0.25, -0.2) is 0 Å². The molecule has 1 aliphatic carbocycles. The molecule has 0 saturated heterocycles. The highest BCUT2D eigenvalue weighted by atomic mass is 35.5. The molecule has 1 heterocycles. The van der Waals surface area contributed by atoms with Crippen molar-refractivity contribution in [1.82, 2.24) is 10.3 Å². The van der Waals surface area contributed by atoms with Crippen LogP contribution in [0, 0.1) is 0 Å². The average Bonchev–Trinajstić information content (AvgIpc) is 2.77. The third-order valence-corrected chi connectivity index (χ3v) is 6.60. The van der Waals surface area contributed by atoms with E-state index in [0.29, 0.717) is 30.7 Å². The lowest BCUT2D eigenvalue weighted by atomic mass is 9.74. The Morgan fingerprint density at radius 2 is 1.56 bits per heavy atom. The van der Waals surface area contributed by atoms with Crippen LogP contribution >= 0.6 is 11.6 Å². The van der Waals surface area contributed by atoms with Gasteiger partial charge < -0.3 is 11.1 Å². The molecule has 0 spiro atoms. The number of halogens is 7. The molecule has 0 unspecified atom stereocenters. The highest BCUT2D eigenvalue weighted by Gasteiger charge is 2.37. The molecular weight excluding hydrogens is 480 g/mol. The first-order chi connectivity index (χ1) is 15.8. The Hall–Kier alpha value is -2.36.